The first-order chi connectivity index (χ1) is 9.72. The van der Waals surface area contributed by atoms with Gasteiger partial charge in [-0.3, -0.25) is 0 Å². The van der Waals surface area contributed by atoms with Crippen LogP contribution in [0.3, 0.4) is 0 Å². The van der Waals surface area contributed by atoms with Crippen molar-refractivity contribution in [2.24, 2.45) is 5.73 Å². The number of hydrogen-bond acceptors (Lipinski definition) is 6. The van der Waals surface area contributed by atoms with Gasteiger partial charge in [0.15, 0.2) is 8.68 Å². The summed E-state index contributed by atoms with van der Waals surface area (Å²) in [5.74, 6) is 5.79. The monoisotopic (exact) mass is 325 g/mol. The highest BCUT2D eigenvalue weighted by Crippen LogP contribution is 2.29. The third kappa shape index (κ3) is 4.21. The molecule has 0 fully saturated rings. The standard InChI is InChI=1S/C13H12FN3S3/c1-18-12-16-17-13(20-12)19-8-9-4-5-11(14)10(7-9)3-2-6-15/h4-5,7H,6,8,15H2,1H3. The molecule has 3 nitrogen and oxygen atoms in total. The fraction of sp³-hybridized carbons (Fsp3) is 0.231. The predicted octanol–water partition coefficient (Wildman–Crippen LogP) is 3.00. The Morgan fingerprint density at radius 1 is 1.35 bits per heavy atom. The van der Waals surface area contributed by atoms with E-state index < -0.39 is 0 Å². The lowest BCUT2D eigenvalue weighted by Crippen LogP contribution is -1.94. The molecule has 0 spiro atoms. The van der Waals surface area contributed by atoms with E-state index in [1.54, 1.807) is 47.0 Å². The Balaban J connectivity index is 2.05. The predicted molar refractivity (Wildman–Crippen MR) is 83.6 cm³/mol. The smallest absolute Gasteiger partial charge is 0.175 e. The second kappa shape index (κ2) is 7.64. The normalized spacial score (nSPS) is 10.2. The fourth-order valence-corrected chi connectivity index (χ4v) is 3.77. The minimum atomic E-state index is -0.319. The van der Waals surface area contributed by atoms with Crippen molar-refractivity contribution in [1.82, 2.24) is 10.2 Å². The van der Waals surface area contributed by atoms with Crippen molar-refractivity contribution in [2.45, 2.75) is 14.4 Å². The van der Waals surface area contributed by atoms with Gasteiger partial charge in [0.25, 0.3) is 0 Å². The van der Waals surface area contributed by atoms with Crippen molar-refractivity contribution in [2.75, 3.05) is 12.8 Å². The fourth-order valence-electron chi connectivity index (χ4n) is 1.39. The summed E-state index contributed by atoms with van der Waals surface area (Å²) in [7, 11) is 0. The molecule has 2 N–H and O–H groups in total. The van der Waals surface area contributed by atoms with Crippen LogP contribution in [0.25, 0.3) is 0 Å². The molecule has 2 rings (SSSR count). The van der Waals surface area contributed by atoms with Crippen LogP contribution in [-0.4, -0.2) is 23.0 Å². The average Bonchev–Trinajstić information content (AvgIpc) is 2.93. The topological polar surface area (TPSA) is 51.8 Å². The van der Waals surface area contributed by atoms with Gasteiger partial charge in [-0.15, -0.1) is 10.2 Å². The van der Waals surface area contributed by atoms with Crippen molar-refractivity contribution < 1.29 is 4.39 Å². The second-order valence-electron chi connectivity index (χ2n) is 3.65. The Kier molecular flexibility index (Phi) is 5.86. The average molecular weight is 325 g/mol. The van der Waals surface area contributed by atoms with Crippen LogP contribution in [0.4, 0.5) is 4.39 Å². The number of nitrogens with zero attached hydrogens (tertiary/aromatic N) is 2. The van der Waals surface area contributed by atoms with Gasteiger partial charge in [0.05, 0.1) is 12.1 Å². The molecular weight excluding hydrogens is 313 g/mol. The van der Waals surface area contributed by atoms with E-state index in [2.05, 4.69) is 22.0 Å². The van der Waals surface area contributed by atoms with Gasteiger partial charge < -0.3 is 5.73 Å². The molecule has 20 heavy (non-hydrogen) atoms. The highest BCUT2D eigenvalue weighted by Gasteiger charge is 2.06. The van der Waals surface area contributed by atoms with Crippen LogP contribution in [0, 0.1) is 17.7 Å². The molecule has 0 aliphatic rings. The van der Waals surface area contributed by atoms with E-state index >= 15 is 0 Å². The van der Waals surface area contributed by atoms with E-state index in [1.807, 2.05) is 6.26 Å². The maximum absolute atomic E-state index is 13.5. The largest absolute Gasteiger partial charge is 0.320 e. The lowest BCUT2D eigenvalue weighted by atomic mass is 10.1. The van der Waals surface area contributed by atoms with Crippen LogP contribution in [0.5, 0.6) is 0 Å². The molecule has 1 aromatic carbocycles. The van der Waals surface area contributed by atoms with E-state index in [-0.39, 0.29) is 12.4 Å². The summed E-state index contributed by atoms with van der Waals surface area (Å²) < 4.78 is 15.4. The minimum absolute atomic E-state index is 0.223. The Labute approximate surface area is 129 Å². The molecule has 7 heteroatoms. The summed E-state index contributed by atoms with van der Waals surface area (Å²) >= 11 is 4.72. The van der Waals surface area contributed by atoms with Crippen molar-refractivity contribution in [3.8, 4) is 11.8 Å². The molecule has 0 amide bonds. The van der Waals surface area contributed by atoms with Gasteiger partial charge in [0.2, 0.25) is 0 Å². The Bertz CT molecular complexity index is 646. The molecule has 0 radical (unpaired) electrons. The number of aromatic nitrogens is 2. The van der Waals surface area contributed by atoms with Gasteiger partial charge in [0, 0.05) is 5.75 Å². The first-order valence-corrected chi connectivity index (χ1v) is 8.73. The first kappa shape index (κ1) is 15.3. The van der Waals surface area contributed by atoms with Crippen LogP contribution in [0.1, 0.15) is 11.1 Å². The summed E-state index contributed by atoms with van der Waals surface area (Å²) in [6.07, 6.45) is 1.97. The highest BCUT2D eigenvalue weighted by atomic mass is 32.2. The number of halogens is 1. The van der Waals surface area contributed by atoms with Crippen LogP contribution in [-0.2, 0) is 5.75 Å². The van der Waals surface area contributed by atoms with Crippen LogP contribution >= 0.6 is 34.9 Å². The maximum atomic E-state index is 13.5. The summed E-state index contributed by atoms with van der Waals surface area (Å²) in [6.45, 7) is 0.223. The van der Waals surface area contributed by atoms with Crippen molar-refractivity contribution in [1.29, 1.82) is 0 Å². The van der Waals surface area contributed by atoms with Gasteiger partial charge in [-0.05, 0) is 24.0 Å². The van der Waals surface area contributed by atoms with Crippen molar-refractivity contribution in [3.63, 3.8) is 0 Å². The van der Waals surface area contributed by atoms with Gasteiger partial charge in [-0.1, -0.05) is 52.8 Å². The molecule has 0 aliphatic carbocycles. The van der Waals surface area contributed by atoms with Gasteiger partial charge in [-0.25, -0.2) is 4.39 Å². The zero-order chi connectivity index (χ0) is 14.4. The van der Waals surface area contributed by atoms with Gasteiger partial charge in [0.1, 0.15) is 5.82 Å². The number of hydrogen-bond donors (Lipinski definition) is 1. The quantitative estimate of drug-likeness (QED) is 0.692. The van der Waals surface area contributed by atoms with Gasteiger partial charge >= 0.3 is 0 Å². The number of nitrogens with two attached hydrogens (primary N) is 1. The Morgan fingerprint density at radius 3 is 2.85 bits per heavy atom. The first-order valence-electron chi connectivity index (χ1n) is 5.70. The van der Waals surface area contributed by atoms with Gasteiger partial charge in [-0.2, -0.15) is 0 Å². The lowest BCUT2D eigenvalue weighted by molar-refractivity contribution is 0.624. The van der Waals surface area contributed by atoms with E-state index in [4.69, 9.17) is 5.73 Å². The van der Waals surface area contributed by atoms with Crippen molar-refractivity contribution in [3.05, 3.63) is 35.1 Å². The summed E-state index contributed by atoms with van der Waals surface area (Å²) in [6, 6.07) is 4.94. The van der Waals surface area contributed by atoms with Crippen LogP contribution in [0.15, 0.2) is 26.9 Å². The summed E-state index contributed by atoms with van der Waals surface area (Å²) in [5.41, 5.74) is 6.68. The molecule has 2 aromatic rings. The lowest BCUT2D eigenvalue weighted by Gasteiger charge is -2.01. The molecular formula is C13H12FN3S3. The van der Waals surface area contributed by atoms with E-state index in [0.29, 0.717) is 11.3 Å². The SMILES string of the molecule is CSc1nnc(SCc2ccc(F)c(C#CCN)c2)s1. The third-order valence-electron chi connectivity index (χ3n) is 2.28. The number of thioether (sulfide) groups is 2. The van der Waals surface area contributed by atoms with E-state index in [0.717, 1.165) is 14.2 Å². The molecule has 104 valence electrons. The highest BCUT2D eigenvalue weighted by molar-refractivity contribution is 8.02. The molecule has 1 aromatic heterocycles. The molecule has 0 unspecified atom stereocenters. The maximum Gasteiger partial charge on any atom is 0.175 e. The molecule has 0 saturated heterocycles. The molecule has 1 heterocycles. The molecule has 0 saturated carbocycles. The molecule has 0 bridgehead atoms. The van der Waals surface area contributed by atoms with Crippen LogP contribution in [0.2, 0.25) is 0 Å². The second-order valence-corrected chi connectivity index (χ2v) is 6.90. The van der Waals surface area contributed by atoms with E-state index in [1.165, 1.54) is 6.07 Å². The Morgan fingerprint density at radius 2 is 2.15 bits per heavy atom. The summed E-state index contributed by atoms with van der Waals surface area (Å²) in [4.78, 5) is 0. The third-order valence-corrected chi connectivity index (χ3v) is 5.38. The number of benzene rings is 1. The zero-order valence-corrected chi connectivity index (χ0v) is 13.2. The van der Waals surface area contributed by atoms with Crippen LogP contribution < -0.4 is 5.73 Å². The molecule has 0 aliphatic heterocycles. The zero-order valence-electron chi connectivity index (χ0n) is 10.7. The summed E-state index contributed by atoms with van der Waals surface area (Å²) in [5, 5.41) is 8.12. The Hall–Kier alpha value is -1.07. The minimum Gasteiger partial charge on any atom is -0.320 e. The van der Waals surface area contributed by atoms with Crippen molar-refractivity contribution >= 4 is 34.9 Å². The molecule has 0 atom stereocenters. The number of rotatable bonds is 4. The van der Waals surface area contributed by atoms with E-state index in [9.17, 15) is 4.39 Å².